The Morgan fingerprint density at radius 3 is 0.912 bits per heavy atom. The standard InChI is InChI=1S/C51H98O6/c1-5-8-10-12-14-15-27-31-34-38-42-49(52)55-45-48(57-51(54)44-40-36-29-13-11-9-6-2)46-56-50(53)43-39-35-32-28-25-23-21-19-17-16-18-20-22-24-26-30-33-37-41-47(4)7-3/h47-48H,5-46H2,1-4H3/t47?,48-/m0/s1. The Balaban J connectivity index is 4.06. The van der Waals surface area contributed by atoms with Crippen LogP contribution in [0.1, 0.15) is 285 Å². The molecular weight excluding hydrogens is 709 g/mol. The highest BCUT2D eigenvalue weighted by atomic mass is 16.6. The summed E-state index contributed by atoms with van der Waals surface area (Å²) >= 11 is 0. The predicted octanol–water partition coefficient (Wildman–Crippen LogP) is 16.3. The summed E-state index contributed by atoms with van der Waals surface area (Å²) in [4.78, 5) is 37.6. The van der Waals surface area contributed by atoms with Gasteiger partial charge in [0.2, 0.25) is 0 Å². The van der Waals surface area contributed by atoms with E-state index in [0.717, 1.165) is 63.7 Å². The van der Waals surface area contributed by atoms with Crippen molar-refractivity contribution in [2.45, 2.75) is 291 Å². The molecule has 6 nitrogen and oxygen atoms in total. The zero-order valence-corrected chi connectivity index (χ0v) is 38.8. The van der Waals surface area contributed by atoms with Gasteiger partial charge in [-0.15, -0.1) is 0 Å². The van der Waals surface area contributed by atoms with Crippen molar-refractivity contribution in [2.75, 3.05) is 13.2 Å². The van der Waals surface area contributed by atoms with Gasteiger partial charge in [-0.05, 0) is 25.2 Å². The second-order valence-corrected chi connectivity index (χ2v) is 17.7. The van der Waals surface area contributed by atoms with E-state index >= 15 is 0 Å². The van der Waals surface area contributed by atoms with Gasteiger partial charge >= 0.3 is 17.9 Å². The summed E-state index contributed by atoms with van der Waals surface area (Å²) in [6.07, 6.45) is 46.8. The quantitative estimate of drug-likeness (QED) is 0.0346. The van der Waals surface area contributed by atoms with E-state index in [1.165, 1.54) is 180 Å². The number of hydrogen-bond donors (Lipinski definition) is 0. The first-order chi connectivity index (χ1) is 27.9. The van der Waals surface area contributed by atoms with Crippen LogP contribution in [-0.4, -0.2) is 37.2 Å². The summed E-state index contributed by atoms with van der Waals surface area (Å²) in [5, 5.41) is 0. The van der Waals surface area contributed by atoms with Gasteiger partial charge in [0, 0.05) is 19.3 Å². The van der Waals surface area contributed by atoms with Gasteiger partial charge in [0.05, 0.1) is 0 Å². The SMILES string of the molecule is CCCCCCCCCCCCC(=O)OC[C@@H](COC(=O)CCCCCCCCCCCCCCCCCCCCC(C)CC)OC(=O)CCCCCCCCC. The average molecular weight is 807 g/mol. The van der Waals surface area contributed by atoms with Gasteiger partial charge in [-0.1, -0.05) is 246 Å². The molecule has 0 aromatic rings. The molecule has 0 aromatic heterocycles. The van der Waals surface area contributed by atoms with Gasteiger partial charge in [-0.2, -0.15) is 0 Å². The minimum absolute atomic E-state index is 0.0636. The first kappa shape index (κ1) is 55.4. The van der Waals surface area contributed by atoms with Crippen LogP contribution in [0.25, 0.3) is 0 Å². The highest BCUT2D eigenvalue weighted by molar-refractivity contribution is 5.71. The maximum Gasteiger partial charge on any atom is 0.306 e. The summed E-state index contributed by atoms with van der Waals surface area (Å²) in [5.74, 6) is 0.0539. The smallest absolute Gasteiger partial charge is 0.306 e. The maximum atomic E-state index is 12.6. The molecule has 0 heterocycles. The summed E-state index contributed by atoms with van der Waals surface area (Å²) in [6, 6.07) is 0. The fraction of sp³-hybridized carbons (Fsp3) is 0.941. The number of carbonyl (C=O) groups is 3. The Kier molecular flexibility index (Phi) is 44.2. The van der Waals surface area contributed by atoms with E-state index in [1.54, 1.807) is 0 Å². The number of esters is 3. The van der Waals surface area contributed by atoms with E-state index in [4.69, 9.17) is 14.2 Å². The van der Waals surface area contributed by atoms with Crippen molar-refractivity contribution in [1.82, 2.24) is 0 Å². The number of unbranched alkanes of at least 4 members (excludes halogenated alkanes) is 32. The fourth-order valence-electron chi connectivity index (χ4n) is 7.66. The first-order valence-electron chi connectivity index (χ1n) is 25.4. The Hall–Kier alpha value is -1.59. The van der Waals surface area contributed by atoms with Crippen molar-refractivity contribution >= 4 is 17.9 Å². The minimum Gasteiger partial charge on any atom is -0.462 e. The monoisotopic (exact) mass is 807 g/mol. The molecule has 0 radical (unpaired) electrons. The lowest BCUT2D eigenvalue weighted by atomic mass is 9.99. The van der Waals surface area contributed by atoms with Crippen LogP contribution in [0, 0.1) is 5.92 Å². The molecule has 0 aromatic carbocycles. The zero-order chi connectivity index (χ0) is 41.7. The molecule has 0 rings (SSSR count). The Morgan fingerprint density at radius 1 is 0.351 bits per heavy atom. The molecule has 338 valence electrons. The van der Waals surface area contributed by atoms with Crippen LogP contribution < -0.4 is 0 Å². The van der Waals surface area contributed by atoms with Crippen LogP contribution in [0.2, 0.25) is 0 Å². The maximum absolute atomic E-state index is 12.6. The molecule has 0 amide bonds. The van der Waals surface area contributed by atoms with Gasteiger partial charge in [0.25, 0.3) is 0 Å². The minimum atomic E-state index is -0.758. The molecule has 0 bridgehead atoms. The molecule has 6 heteroatoms. The van der Waals surface area contributed by atoms with Crippen LogP contribution in [-0.2, 0) is 28.6 Å². The topological polar surface area (TPSA) is 78.9 Å². The summed E-state index contributed by atoms with van der Waals surface area (Å²) in [6.45, 7) is 9.02. The van der Waals surface area contributed by atoms with Gasteiger partial charge in [-0.3, -0.25) is 14.4 Å². The highest BCUT2D eigenvalue weighted by Crippen LogP contribution is 2.18. The number of carbonyl (C=O) groups excluding carboxylic acids is 3. The molecule has 0 aliphatic heterocycles. The molecule has 57 heavy (non-hydrogen) atoms. The largest absolute Gasteiger partial charge is 0.462 e. The van der Waals surface area contributed by atoms with E-state index in [2.05, 4.69) is 27.7 Å². The Bertz CT molecular complexity index is 859. The molecule has 2 atom stereocenters. The molecule has 0 N–H and O–H groups in total. The van der Waals surface area contributed by atoms with Gasteiger partial charge in [-0.25, -0.2) is 0 Å². The first-order valence-corrected chi connectivity index (χ1v) is 25.4. The highest BCUT2D eigenvalue weighted by Gasteiger charge is 2.19. The lowest BCUT2D eigenvalue weighted by Crippen LogP contribution is -2.30. The van der Waals surface area contributed by atoms with Gasteiger partial charge < -0.3 is 14.2 Å². The molecular formula is C51H98O6. The van der Waals surface area contributed by atoms with Crippen LogP contribution in [0.4, 0.5) is 0 Å². The van der Waals surface area contributed by atoms with Crippen LogP contribution >= 0.6 is 0 Å². The lowest BCUT2D eigenvalue weighted by molar-refractivity contribution is -0.167. The second-order valence-electron chi connectivity index (χ2n) is 17.7. The van der Waals surface area contributed by atoms with E-state index in [-0.39, 0.29) is 31.1 Å². The summed E-state index contributed by atoms with van der Waals surface area (Å²) in [5.41, 5.74) is 0. The number of ether oxygens (including phenoxy) is 3. The summed E-state index contributed by atoms with van der Waals surface area (Å²) < 4.78 is 16.7. The predicted molar refractivity (Wildman–Crippen MR) is 243 cm³/mol. The number of rotatable bonds is 46. The third-order valence-electron chi connectivity index (χ3n) is 11.9. The molecule has 0 aliphatic rings. The zero-order valence-electron chi connectivity index (χ0n) is 38.8. The van der Waals surface area contributed by atoms with E-state index in [0.29, 0.717) is 19.3 Å². The Labute approximate surface area is 355 Å². The van der Waals surface area contributed by atoms with Crippen LogP contribution in [0.5, 0.6) is 0 Å². The van der Waals surface area contributed by atoms with Crippen molar-refractivity contribution < 1.29 is 28.6 Å². The Morgan fingerprint density at radius 2 is 0.614 bits per heavy atom. The van der Waals surface area contributed by atoms with Crippen LogP contribution in [0.15, 0.2) is 0 Å². The van der Waals surface area contributed by atoms with Crippen LogP contribution in [0.3, 0.4) is 0 Å². The van der Waals surface area contributed by atoms with Crippen molar-refractivity contribution in [3.05, 3.63) is 0 Å². The second kappa shape index (κ2) is 45.5. The summed E-state index contributed by atoms with van der Waals surface area (Å²) in [7, 11) is 0. The van der Waals surface area contributed by atoms with Gasteiger partial charge in [0.15, 0.2) is 6.10 Å². The third kappa shape index (κ3) is 43.8. The third-order valence-corrected chi connectivity index (χ3v) is 11.9. The van der Waals surface area contributed by atoms with E-state index in [1.807, 2.05) is 0 Å². The van der Waals surface area contributed by atoms with Crippen molar-refractivity contribution in [3.63, 3.8) is 0 Å². The molecule has 0 saturated heterocycles. The number of hydrogen-bond acceptors (Lipinski definition) is 6. The van der Waals surface area contributed by atoms with Gasteiger partial charge in [0.1, 0.15) is 13.2 Å². The van der Waals surface area contributed by atoms with E-state index in [9.17, 15) is 14.4 Å². The molecule has 0 fully saturated rings. The van der Waals surface area contributed by atoms with Crippen molar-refractivity contribution in [3.8, 4) is 0 Å². The molecule has 1 unspecified atom stereocenters. The molecule has 0 aliphatic carbocycles. The van der Waals surface area contributed by atoms with Crippen molar-refractivity contribution in [2.24, 2.45) is 5.92 Å². The van der Waals surface area contributed by atoms with E-state index < -0.39 is 6.10 Å². The average Bonchev–Trinajstić information content (AvgIpc) is 3.21. The lowest BCUT2D eigenvalue weighted by Gasteiger charge is -2.18. The molecule has 0 saturated carbocycles. The molecule has 0 spiro atoms. The van der Waals surface area contributed by atoms with Crippen molar-refractivity contribution in [1.29, 1.82) is 0 Å². The normalized spacial score (nSPS) is 12.4. The fourth-order valence-corrected chi connectivity index (χ4v) is 7.66.